The molecule has 3 rings (SSSR count). The maximum atomic E-state index is 13.4. The molecule has 1 aromatic heterocycles. The molecule has 1 fully saturated rings. The zero-order valence-electron chi connectivity index (χ0n) is 12.4. The molecule has 0 unspecified atom stereocenters. The molecule has 4 nitrogen and oxygen atoms in total. The molecule has 0 aliphatic heterocycles. The summed E-state index contributed by atoms with van der Waals surface area (Å²) in [5.74, 6) is 0.990. The highest BCUT2D eigenvalue weighted by atomic mass is 19.1. The minimum Gasteiger partial charge on any atom is -0.494 e. The van der Waals surface area contributed by atoms with Crippen molar-refractivity contribution in [1.82, 2.24) is 9.55 Å². The maximum Gasteiger partial charge on any atom is 0.208 e. The second-order valence-corrected chi connectivity index (χ2v) is 5.52. The van der Waals surface area contributed by atoms with Crippen LogP contribution in [0.15, 0.2) is 24.4 Å². The predicted octanol–water partition coefficient (Wildman–Crippen LogP) is 3.68. The van der Waals surface area contributed by atoms with Crippen molar-refractivity contribution in [1.29, 1.82) is 0 Å². The first kappa shape index (κ1) is 13.9. The lowest BCUT2D eigenvalue weighted by Gasteiger charge is -2.16. The summed E-state index contributed by atoms with van der Waals surface area (Å²) >= 11 is 0. The Balaban J connectivity index is 1.97. The molecule has 0 atom stereocenters. The van der Waals surface area contributed by atoms with Gasteiger partial charge >= 0.3 is 0 Å². The van der Waals surface area contributed by atoms with Gasteiger partial charge in [0.05, 0.1) is 18.5 Å². The van der Waals surface area contributed by atoms with E-state index in [-0.39, 0.29) is 5.82 Å². The van der Waals surface area contributed by atoms with E-state index in [1.807, 2.05) is 17.7 Å². The van der Waals surface area contributed by atoms with Crippen LogP contribution in [0.2, 0.25) is 0 Å². The first-order valence-corrected chi connectivity index (χ1v) is 7.34. The van der Waals surface area contributed by atoms with Gasteiger partial charge in [-0.2, -0.15) is 0 Å². The molecular weight excluding hydrogens is 269 g/mol. The summed E-state index contributed by atoms with van der Waals surface area (Å²) < 4.78 is 20.6. The van der Waals surface area contributed by atoms with Gasteiger partial charge in [0, 0.05) is 18.3 Å². The topological polar surface area (TPSA) is 39.1 Å². The fraction of sp³-hybridized carbons (Fsp3) is 0.438. The molecule has 0 saturated heterocycles. The summed E-state index contributed by atoms with van der Waals surface area (Å²) in [5.41, 5.74) is 1.71. The number of ether oxygens (including phenoxy) is 1. The Morgan fingerprint density at radius 2 is 2.10 bits per heavy atom. The molecular formula is C16H20FN3O. The first-order chi connectivity index (χ1) is 10.2. The van der Waals surface area contributed by atoms with Crippen LogP contribution in [0.25, 0.3) is 5.69 Å². The summed E-state index contributed by atoms with van der Waals surface area (Å²) in [7, 11) is 1.55. The highest BCUT2D eigenvalue weighted by Crippen LogP contribution is 2.29. The summed E-state index contributed by atoms with van der Waals surface area (Å²) in [5, 5.41) is 3.50. The van der Waals surface area contributed by atoms with Crippen molar-refractivity contribution in [2.24, 2.45) is 0 Å². The van der Waals surface area contributed by atoms with Gasteiger partial charge in [-0.15, -0.1) is 0 Å². The third-order valence-electron chi connectivity index (χ3n) is 3.92. The number of hydrogen-bond acceptors (Lipinski definition) is 3. The number of methoxy groups -OCH3 is 1. The molecule has 1 aliphatic rings. The lowest BCUT2D eigenvalue weighted by molar-refractivity contribution is 0.409. The van der Waals surface area contributed by atoms with Crippen molar-refractivity contribution in [2.75, 3.05) is 12.4 Å². The smallest absolute Gasteiger partial charge is 0.208 e. The van der Waals surface area contributed by atoms with Crippen LogP contribution in [0.3, 0.4) is 0 Å². The normalized spacial score (nSPS) is 15.4. The molecule has 1 N–H and O–H groups in total. The van der Waals surface area contributed by atoms with Crippen molar-refractivity contribution < 1.29 is 9.13 Å². The molecule has 1 aliphatic carbocycles. The van der Waals surface area contributed by atoms with Gasteiger partial charge in [0.15, 0.2) is 0 Å². The van der Waals surface area contributed by atoms with Crippen LogP contribution >= 0.6 is 0 Å². The van der Waals surface area contributed by atoms with Crippen LogP contribution in [-0.2, 0) is 0 Å². The van der Waals surface area contributed by atoms with Gasteiger partial charge in [-0.25, -0.2) is 9.37 Å². The van der Waals surface area contributed by atoms with Gasteiger partial charge in [-0.05, 0) is 31.9 Å². The van der Waals surface area contributed by atoms with Gasteiger partial charge in [-0.1, -0.05) is 12.8 Å². The highest BCUT2D eigenvalue weighted by molar-refractivity contribution is 5.52. The van der Waals surface area contributed by atoms with Crippen LogP contribution in [0.4, 0.5) is 10.3 Å². The van der Waals surface area contributed by atoms with E-state index >= 15 is 0 Å². The van der Waals surface area contributed by atoms with Gasteiger partial charge in [0.2, 0.25) is 5.95 Å². The van der Waals surface area contributed by atoms with Gasteiger partial charge in [0.25, 0.3) is 0 Å². The maximum absolute atomic E-state index is 13.4. The number of nitrogens with zero attached hydrogens (tertiary/aromatic N) is 2. The van der Waals surface area contributed by atoms with Crippen LogP contribution < -0.4 is 10.1 Å². The molecule has 1 aromatic carbocycles. The van der Waals surface area contributed by atoms with E-state index in [1.165, 1.54) is 37.8 Å². The minimum atomic E-state index is -0.308. The van der Waals surface area contributed by atoms with E-state index in [4.69, 9.17) is 4.74 Å². The highest BCUT2D eigenvalue weighted by Gasteiger charge is 2.19. The number of rotatable bonds is 4. The average Bonchev–Trinajstić information content (AvgIpc) is 3.09. The average molecular weight is 289 g/mol. The van der Waals surface area contributed by atoms with Crippen molar-refractivity contribution >= 4 is 5.95 Å². The molecule has 2 aromatic rings. The Hall–Kier alpha value is -2.04. The Labute approximate surface area is 124 Å². The van der Waals surface area contributed by atoms with Crippen LogP contribution in [0, 0.1) is 12.7 Å². The number of anilines is 1. The summed E-state index contributed by atoms with van der Waals surface area (Å²) in [6.45, 7) is 1.95. The molecule has 0 spiro atoms. The zero-order chi connectivity index (χ0) is 14.8. The minimum absolute atomic E-state index is 0.308. The SMILES string of the molecule is COc1cc(F)ccc1-n1cc(C)nc1NC1CCCC1. The number of benzene rings is 1. The Morgan fingerprint density at radius 3 is 2.81 bits per heavy atom. The second kappa shape index (κ2) is 5.76. The fourth-order valence-electron chi connectivity index (χ4n) is 2.89. The number of halogens is 1. The number of hydrogen-bond donors (Lipinski definition) is 1. The number of aromatic nitrogens is 2. The summed E-state index contributed by atoms with van der Waals surface area (Å²) in [6.07, 6.45) is 6.81. The van der Waals surface area contributed by atoms with E-state index < -0.39 is 0 Å². The fourth-order valence-corrected chi connectivity index (χ4v) is 2.89. The number of nitrogens with one attached hydrogen (secondary N) is 1. The number of imidazole rings is 1. The van der Waals surface area contributed by atoms with E-state index in [9.17, 15) is 4.39 Å². The van der Waals surface area contributed by atoms with Crippen molar-refractivity contribution in [3.63, 3.8) is 0 Å². The molecule has 112 valence electrons. The van der Waals surface area contributed by atoms with Crippen LogP contribution in [0.1, 0.15) is 31.4 Å². The van der Waals surface area contributed by atoms with E-state index in [0.29, 0.717) is 11.8 Å². The molecule has 1 heterocycles. The van der Waals surface area contributed by atoms with Crippen molar-refractivity contribution in [2.45, 2.75) is 38.6 Å². The zero-order valence-corrected chi connectivity index (χ0v) is 12.4. The summed E-state index contributed by atoms with van der Waals surface area (Å²) in [4.78, 5) is 4.55. The van der Waals surface area contributed by atoms with Gasteiger partial charge in [-0.3, -0.25) is 4.57 Å². The molecule has 1 saturated carbocycles. The molecule has 0 amide bonds. The Morgan fingerprint density at radius 1 is 1.33 bits per heavy atom. The molecule has 21 heavy (non-hydrogen) atoms. The lowest BCUT2D eigenvalue weighted by atomic mass is 10.2. The second-order valence-electron chi connectivity index (χ2n) is 5.52. The predicted molar refractivity (Wildman–Crippen MR) is 80.7 cm³/mol. The van der Waals surface area contributed by atoms with Crippen LogP contribution in [0.5, 0.6) is 5.75 Å². The van der Waals surface area contributed by atoms with E-state index in [2.05, 4.69) is 10.3 Å². The van der Waals surface area contributed by atoms with Gasteiger partial charge < -0.3 is 10.1 Å². The van der Waals surface area contributed by atoms with E-state index in [0.717, 1.165) is 17.3 Å². The first-order valence-electron chi connectivity index (χ1n) is 7.34. The van der Waals surface area contributed by atoms with Crippen molar-refractivity contribution in [3.8, 4) is 11.4 Å². The van der Waals surface area contributed by atoms with Crippen LogP contribution in [-0.4, -0.2) is 22.7 Å². The number of aryl methyl sites for hydroxylation is 1. The monoisotopic (exact) mass is 289 g/mol. The van der Waals surface area contributed by atoms with Gasteiger partial charge in [0.1, 0.15) is 11.6 Å². The Kier molecular flexibility index (Phi) is 3.82. The largest absolute Gasteiger partial charge is 0.494 e. The van der Waals surface area contributed by atoms with Crippen molar-refractivity contribution in [3.05, 3.63) is 35.9 Å². The molecule has 0 radical (unpaired) electrons. The molecule has 0 bridgehead atoms. The quantitative estimate of drug-likeness (QED) is 0.933. The van der Waals surface area contributed by atoms with E-state index in [1.54, 1.807) is 13.2 Å². The standard InChI is InChI=1S/C16H20FN3O/c1-11-10-20(14-8-7-12(17)9-15(14)21-2)16(18-11)19-13-5-3-4-6-13/h7-10,13H,3-6H2,1-2H3,(H,18,19). The third-order valence-corrected chi connectivity index (χ3v) is 3.92. The summed E-state index contributed by atoms with van der Waals surface area (Å²) in [6, 6.07) is 5.02. The molecule has 5 heteroatoms. The lowest BCUT2D eigenvalue weighted by Crippen LogP contribution is -2.17. The third kappa shape index (κ3) is 2.86. The Bertz CT molecular complexity index is 632.